The Morgan fingerprint density at radius 1 is 1.31 bits per heavy atom. The Morgan fingerprint density at radius 2 is 2.00 bits per heavy atom. The summed E-state index contributed by atoms with van der Waals surface area (Å²) in [7, 11) is 0. The predicted molar refractivity (Wildman–Crippen MR) is 57.1 cm³/mol. The SMILES string of the molecule is CC(C)CCCC(NN)C1CCC1. The van der Waals surface area contributed by atoms with Gasteiger partial charge in [-0.3, -0.25) is 11.3 Å². The van der Waals surface area contributed by atoms with E-state index in [2.05, 4.69) is 19.3 Å². The van der Waals surface area contributed by atoms with Gasteiger partial charge in [0, 0.05) is 6.04 Å². The maximum atomic E-state index is 5.55. The van der Waals surface area contributed by atoms with Crippen LogP contribution in [-0.4, -0.2) is 6.04 Å². The molecule has 0 aliphatic heterocycles. The van der Waals surface area contributed by atoms with Crippen LogP contribution in [-0.2, 0) is 0 Å². The van der Waals surface area contributed by atoms with Crippen LogP contribution >= 0.6 is 0 Å². The van der Waals surface area contributed by atoms with Gasteiger partial charge < -0.3 is 0 Å². The lowest BCUT2D eigenvalue weighted by Gasteiger charge is -2.33. The van der Waals surface area contributed by atoms with Crippen molar-refractivity contribution in [3.8, 4) is 0 Å². The quantitative estimate of drug-likeness (QED) is 0.491. The van der Waals surface area contributed by atoms with Gasteiger partial charge in [0.25, 0.3) is 0 Å². The van der Waals surface area contributed by atoms with Gasteiger partial charge in [-0.15, -0.1) is 0 Å². The van der Waals surface area contributed by atoms with E-state index in [0.29, 0.717) is 6.04 Å². The summed E-state index contributed by atoms with van der Waals surface area (Å²) in [5, 5.41) is 0. The van der Waals surface area contributed by atoms with E-state index in [0.717, 1.165) is 11.8 Å². The monoisotopic (exact) mass is 184 g/mol. The second-order valence-electron chi connectivity index (χ2n) is 4.79. The summed E-state index contributed by atoms with van der Waals surface area (Å²) >= 11 is 0. The number of hydrazine groups is 1. The second kappa shape index (κ2) is 5.61. The Labute approximate surface area is 82.2 Å². The van der Waals surface area contributed by atoms with E-state index in [9.17, 15) is 0 Å². The van der Waals surface area contributed by atoms with E-state index in [-0.39, 0.29) is 0 Å². The van der Waals surface area contributed by atoms with Gasteiger partial charge >= 0.3 is 0 Å². The van der Waals surface area contributed by atoms with Crippen LogP contribution in [0.5, 0.6) is 0 Å². The van der Waals surface area contributed by atoms with Crippen LogP contribution in [0.3, 0.4) is 0 Å². The number of hydrogen-bond acceptors (Lipinski definition) is 2. The van der Waals surface area contributed by atoms with Crippen LogP contribution in [0.2, 0.25) is 0 Å². The maximum absolute atomic E-state index is 5.55. The maximum Gasteiger partial charge on any atom is 0.0238 e. The largest absolute Gasteiger partial charge is 0.271 e. The van der Waals surface area contributed by atoms with Gasteiger partial charge in [-0.2, -0.15) is 0 Å². The molecule has 0 radical (unpaired) electrons. The average Bonchev–Trinajstić information content (AvgIpc) is 1.98. The van der Waals surface area contributed by atoms with Gasteiger partial charge in [0.05, 0.1) is 0 Å². The summed E-state index contributed by atoms with van der Waals surface area (Å²) in [4.78, 5) is 0. The van der Waals surface area contributed by atoms with Crippen molar-refractivity contribution in [3.05, 3.63) is 0 Å². The first kappa shape index (κ1) is 11.0. The van der Waals surface area contributed by atoms with Crippen LogP contribution in [0.25, 0.3) is 0 Å². The minimum Gasteiger partial charge on any atom is -0.271 e. The molecule has 3 N–H and O–H groups in total. The number of rotatable bonds is 6. The molecule has 0 aromatic carbocycles. The zero-order valence-electron chi connectivity index (χ0n) is 9.05. The molecule has 2 nitrogen and oxygen atoms in total. The Kier molecular flexibility index (Phi) is 4.74. The molecule has 13 heavy (non-hydrogen) atoms. The Bertz CT molecular complexity index is 130. The van der Waals surface area contributed by atoms with Gasteiger partial charge in [-0.05, 0) is 31.1 Å². The van der Waals surface area contributed by atoms with Gasteiger partial charge in [-0.25, -0.2) is 0 Å². The fraction of sp³-hybridized carbons (Fsp3) is 1.00. The Balaban J connectivity index is 2.08. The standard InChI is InChI=1S/C11H24N2/c1-9(2)5-3-8-11(13-12)10-6-4-7-10/h9-11,13H,3-8,12H2,1-2H3. The third-order valence-electron chi connectivity index (χ3n) is 3.23. The first-order valence-corrected chi connectivity index (χ1v) is 5.70. The van der Waals surface area contributed by atoms with Crippen molar-refractivity contribution >= 4 is 0 Å². The summed E-state index contributed by atoms with van der Waals surface area (Å²) in [5.74, 6) is 7.26. The predicted octanol–water partition coefficient (Wildman–Crippen LogP) is 2.44. The summed E-state index contributed by atoms with van der Waals surface area (Å²) < 4.78 is 0. The molecule has 1 fully saturated rings. The number of hydrogen-bond donors (Lipinski definition) is 2. The van der Waals surface area contributed by atoms with Crippen LogP contribution in [0.4, 0.5) is 0 Å². The first-order valence-electron chi connectivity index (χ1n) is 5.70. The van der Waals surface area contributed by atoms with Crippen molar-refractivity contribution in [2.24, 2.45) is 17.7 Å². The molecule has 0 amide bonds. The van der Waals surface area contributed by atoms with E-state index in [1.807, 2.05) is 0 Å². The minimum absolute atomic E-state index is 0.590. The fourth-order valence-corrected chi connectivity index (χ4v) is 2.04. The molecule has 1 unspecified atom stereocenters. The van der Waals surface area contributed by atoms with E-state index in [1.54, 1.807) is 0 Å². The van der Waals surface area contributed by atoms with Crippen LogP contribution in [0.1, 0.15) is 52.4 Å². The van der Waals surface area contributed by atoms with E-state index in [1.165, 1.54) is 38.5 Å². The molecule has 1 rings (SSSR count). The molecule has 78 valence electrons. The molecule has 1 atom stereocenters. The summed E-state index contributed by atoms with van der Waals surface area (Å²) in [6.45, 7) is 4.57. The van der Waals surface area contributed by atoms with Gasteiger partial charge in [-0.1, -0.05) is 33.1 Å². The van der Waals surface area contributed by atoms with Crippen molar-refractivity contribution in [3.63, 3.8) is 0 Å². The Hall–Kier alpha value is -0.0800. The zero-order chi connectivity index (χ0) is 9.68. The molecule has 0 bridgehead atoms. The number of nitrogens with two attached hydrogens (primary N) is 1. The third kappa shape index (κ3) is 3.65. The highest BCUT2D eigenvalue weighted by Gasteiger charge is 2.25. The first-order chi connectivity index (χ1) is 6.24. The summed E-state index contributed by atoms with van der Waals surface area (Å²) in [5.41, 5.74) is 2.98. The lowest BCUT2D eigenvalue weighted by atomic mass is 9.78. The Morgan fingerprint density at radius 3 is 2.38 bits per heavy atom. The van der Waals surface area contributed by atoms with E-state index >= 15 is 0 Å². The second-order valence-corrected chi connectivity index (χ2v) is 4.79. The molecular formula is C11H24N2. The van der Waals surface area contributed by atoms with Crippen LogP contribution in [0, 0.1) is 11.8 Å². The third-order valence-corrected chi connectivity index (χ3v) is 3.23. The van der Waals surface area contributed by atoms with Gasteiger partial charge in [0.15, 0.2) is 0 Å². The highest BCUT2D eigenvalue weighted by atomic mass is 15.2. The zero-order valence-corrected chi connectivity index (χ0v) is 9.05. The van der Waals surface area contributed by atoms with Gasteiger partial charge in [0.2, 0.25) is 0 Å². The minimum atomic E-state index is 0.590. The average molecular weight is 184 g/mol. The molecule has 0 saturated heterocycles. The topological polar surface area (TPSA) is 38.0 Å². The fourth-order valence-electron chi connectivity index (χ4n) is 2.04. The molecule has 1 saturated carbocycles. The van der Waals surface area contributed by atoms with Crippen molar-refractivity contribution in [2.45, 2.75) is 58.4 Å². The smallest absolute Gasteiger partial charge is 0.0238 e. The van der Waals surface area contributed by atoms with Crippen molar-refractivity contribution in [2.75, 3.05) is 0 Å². The highest BCUT2D eigenvalue weighted by molar-refractivity contribution is 4.81. The summed E-state index contributed by atoms with van der Waals surface area (Å²) in [6, 6.07) is 0.590. The molecule has 0 aromatic heterocycles. The molecule has 0 spiro atoms. The van der Waals surface area contributed by atoms with Gasteiger partial charge in [0.1, 0.15) is 0 Å². The molecule has 2 heteroatoms. The molecule has 1 aliphatic rings. The highest BCUT2D eigenvalue weighted by Crippen LogP contribution is 2.31. The molecule has 0 heterocycles. The van der Waals surface area contributed by atoms with E-state index < -0.39 is 0 Å². The van der Waals surface area contributed by atoms with Crippen molar-refractivity contribution in [1.29, 1.82) is 0 Å². The lowest BCUT2D eigenvalue weighted by Crippen LogP contribution is -2.43. The molecular weight excluding hydrogens is 160 g/mol. The summed E-state index contributed by atoms with van der Waals surface area (Å²) in [6.07, 6.45) is 8.10. The molecule has 0 aromatic rings. The van der Waals surface area contributed by atoms with E-state index in [4.69, 9.17) is 5.84 Å². The van der Waals surface area contributed by atoms with Crippen molar-refractivity contribution in [1.82, 2.24) is 5.43 Å². The van der Waals surface area contributed by atoms with Crippen LogP contribution < -0.4 is 11.3 Å². The van der Waals surface area contributed by atoms with Crippen LogP contribution in [0.15, 0.2) is 0 Å². The molecule has 1 aliphatic carbocycles. The number of nitrogens with one attached hydrogen (secondary N) is 1. The normalized spacial score (nSPS) is 20.3. The lowest BCUT2D eigenvalue weighted by molar-refractivity contribution is 0.215. The van der Waals surface area contributed by atoms with Crippen molar-refractivity contribution < 1.29 is 0 Å².